The number of halogens is 1. The van der Waals surface area contributed by atoms with Crippen LogP contribution in [0.25, 0.3) is 0 Å². The number of sulfone groups is 1. The molecule has 3 aromatic rings. The fourth-order valence-corrected chi connectivity index (χ4v) is 7.24. The average molecular weight is 655 g/mol. The summed E-state index contributed by atoms with van der Waals surface area (Å²) in [4.78, 5) is 52.3. The highest BCUT2D eigenvalue weighted by atomic mass is 32.2. The number of methoxy groups -OCH3 is 1. The zero-order chi connectivity index (χ0) is 33.6. The van der Waals surface area contributed by atoms with Crippen molar-refractivity contribution in [1.29, 1.82) is 0 Å². The van der Waals surface area contributed by atoms with Crippen LogP contribution < -0.4 is 20.7 Å². The van der Waals surface area contributed by atoms with E-state index in [2.05, 4.69) is 16.0 Å². The van der Waals surface area contributed by atoms with Crippen LogP contribution in [0, 0.1) is 11.7 Å². The quantitative estimate of drug-likeness (QED) is 0.243. The minimum atomic E-state index is -4.30. The number of ether oxygens (including phenoxy) is 1. The molecule has 0 bridgehead atoms. The van der Waals surface area contributed by atoms with Crippen LogP contribution in [0.3, 0.4) is 0 Å². The molecule has 1 aliphatic rings. The number of hydrogen-bond donors (Lipinski definition) is 4. The highest BCUT2D eigenvalue weighted by Gasteiger charge is 2.53. The lowest BCUT2D eigenvalue weighted by atomic mass is 10.0. The van der Waals surface area contributed by atoms with E-state index in [4.69, 9.17) is 4.74 Å². The van der Waals surface area contributed by atoms with Crippen LogP contribution in [-0.4, -0.2) is 73.7 Å². The fraction of sp³-hybridized carbons (Fsp3) is 0.312. The Hall–Kier alpha value is -4.98. The van der Waals surface area contributed by atoms with E-state index in [9.17, 15) is 32.7 Å². The van der Waals surface area contributed by atoms with E-state index in [-0.39, 0.29) is 46.3 Å². The lowest BCUT2D eigenvalue weighted by Gasteiger charge is -2.32. The third kappa shape index (κ3) is 7.62. The number of likely N-dealkylation sites (tertiary alicyclic amines) is 1. The van der Waals surface area contributed by atoms with E-state index < -0.39 is 63.3 Å². The maximum atomic E-state index is 15.4. The van der Waals surface area contributed by atoms with Gasteiger partial charge in [0.15, 0.2) is 9.84 Å². The number of hydrogen-bond acceptors (Lipinski definition) is 7. The van der Waals surface area contributed by atoms with Gasteiger partial charge in [0.25, 0.3) is 0 Å². The van der Waals surface area contributed by atoms with Crippen molar-refractivity contribution in [2.24, 2.45) is 5.92 Å². The maximum absolute atomic E-state index is 15.4. The van der Waals surface area contributed by atoms with Gasteiger partial charge in [-0.1, -0.05) is 44.2 Å². The van der Waals surface area contributed by atoms with Gasteiger partial charge in [-0.15, -0.1) is 0 Å². The average Bonchev–Trinajstić information content (AvgIpc) is 3.44. The Labute approximate surface area is 265 Å². The second kappa shape index (κ2) is 14.4. The number of carbonyl (C=O) groups excluding carboxylic acids is 3. The molecule has 4 rings (SSSR count). The number of nitrogens with one attached hydrogen (secondary N) is 3. The molecule has 1 heterocycles. The summed E-state index contributed by atoms with van der Waals surface area (Å²) in [5.74, 6) is -3.13. The van der Waals surface area contributed by atoms with Crippen molar-refractivity contribution in [3.63, 3.8) is 0 Å². The lowest BCUT2D eigenvalue weighted by molar-refractivity contribution is -0.139. The minimum Gasteiger partial charge on any atom is -0.497 e. The van der Waals surface area contributed by atoms with Crippen LogP contribution in [-0.2, 0) is 19.4 Å². The van der Waals surface area contributed by atoms with E-state index in [1.54, 1.807) is 6.07 Å². The fourth-order valence-electron chi connectivity index (χ4n) is 5.29. The Balaban J connectivity index is 1.71. The standard InChI is InChI=1S/C32H35FN4O8S/c1-19(2)17-34-30(39)26-16-27(46(43,44)23-11-7-10-22(15-23)45-3)29(24-12-4-5-13-25(24)33)37(26)28(38)18-35-32(42)36-21-9-6-8-20(14-21)31(40)41/h4-15,19,26-27,29H,16-18H2,1-3H3,(H,34,39)(H,40,41)(H2,35,36,42). The monoisotopic (exact) mass is 654 g/mol. The van der Waals surface area contributed by atoms with Crippen molar-refractivity contribution in [1.82, 2.24) is 15.5 Å². The van der Waals surface area contributed by atoms with Crippen molar-refractivity contribution in [2.75, 3.05) is 25.5 Å². The molecule has 14 heteroatoms. The summed E-state index contributed by atoms with van der Waals surface area (Å²) < 4.78 is 49.0. The molecule has 0 aromatic heterocycles. The van der Waals surface area contributed by atoms with Gasteiger partial charge in [-0.2, -0.15) is 0 Å². The van der Waals surface area contributed by atoms with Crippen molar-refractivity contribution in [3.8, 4) is 5.75 Å². The van der Waals surface area contributed by atoms with E-state index in [0.717, 1.165) is 11.0 Å². The Morgan fingerprint density at radius 1 is 1.00 bits per heavy atom. The van der Waals surface area contributed by atoms with Crippen molar-refractivity contribution in [2.45, 2.75) is 42.5 Å². The molecule has 4 N–H and O–H groups in total. The molecule has 244 valence electrons. The van der Waals surface area contributed by atoms with Gasteiger partial charge in [-0.05, 0) is 54.8 Å². The van der Waals surface area contributed by atoms with Gasteiger partial charge < -0.3 is 30.7 Å². The summed E-state index contributed by atoms with van der Waals surface area (Å²) in [7, 11) is -2.92. The van der Waals surface area contributed by atoms with Crippen LogP contribution in [0.15, 0.2) is 77.7 Å². The van der Waals surface area contributed by atoms with Crippen LogP contribution in [0.1, 0.15) is 42.2 Å². The van der Waals surface area contributed by atoms with Crippen molar-refractivity contribution < 1.29 is 41.8 Å². The Morgan fingerprint density at radius 2 is 1.72 bits per heavy atom. The normalized spacial score (nSPS) is 17.8. The topological polar surface area (TPSA) is 171 Å². The predicted octanol–water partition coefficient (Wildman–Crippen LogP) is 3.61. The van der Waals surface area contributed by atoms with Crippen LogP contribution in [0.5, 0.6) is 5.75 Å². The number of urea groups is 1. The number of carbonyl (C=O) groups is 4. The van der Waals surface area contributed by atoms with Gasteiger partial charge >= 0.3 is 12.0 Å². The summed E-state index contributed by atoms with van der Waals surface area (Å²) in [6.07, 6.45) is -0.345. The summed E-state index contributed by atoms with van der Waals surface area (Å²) in [5.41, 5.74) is -0.0377. The molecule has 1 fully saturated rings. The zero-order valence-corrected chi connectivity index (χ0v) is 26.2. The molecule has 46 heavy (non-hydrogen) atoms. The molecule has 3 aromatic carbocycles. The summed E-state index contributed by atoms with van der Waals surface area (Å²) >= 11 is 0. The smallest absolute Gasteiger partial charge is 0.335 e. The number of carboxylic acids is 1. The molecule has 1 aliphatic heterocycles. The zero-order valence-electron chi connectivity index (χ0n) is 25.4. The van der Waals surface area contributed by atoms with E-state index in [1.807, 2.05) is 13.8 Å². The highest BCUT2D eigenvalue weighted by Crippen LogP contribution is 2.43. The molecule has 0 spiro atoms. The Kier molecular flexibility index (Phi) is 10.6. The van der Waals surface area contributed by atoms with Gasteiger partial charge in [-0.3, -0.25) is 9.59 Å². The van der Waals surface area contributed by atoms with E-state index in [0.29, 0.717) is 0 Å². The molecule has 0 saturated carbocycles. The van der Waals surface area contributed by atoms with Crippen LogP contribution in [0.4, 0.5) is 14.9 Å². The first kappa shape index (κ1) is 33.9. The van der Waals surface area contributed by atoms with Gasteiger partial charge in [-0.25, -0.2) is 22.4 Å². The largest absolute Gasteiger partial charge is 0.497 e. The molecule has 3 unspecified atom stereocenters. The number of benzene rings is 3. The number of amides is 4. The van der Waals surface area contributed by atoms with Crippen LogP contribution >= 0.6 is 0 Å². The lowest BCUT2D eigenvalue weighted by Crippen LogP contribution is -2.50. The predicted molar refractivity (Wildman–Crippen MR) is 167 cm³/mol. The van der Waals surface area contributed by atoms with E-state index >= 15 is 4.39 Å². The molecule has 1 saturated heterocycles. The summed E-state index contributed by atoms with van der Waals surface area (Å²) in [5, 5.41) is 15.3. The van der Waals surface area contributed by atoms with Gasteiger partial charge in [0.2, 0.25) is 11.8 Å². The number of carboxylic acid groups (broad SMARTS) is 1. The van der Waals surface area contributed by atoms with E-state index in [1.165, 1.54) is 67.8 Å². The van der Waals surface area contributed by atoms with Gasteiger partial charge in [0.05, 0.1) is 35.4 Å². The third-order valence-corrected chi connectivity index (χ3v) is 9.64. The molecule has 0 aliphatic carbocycles. The second-order valence-electron chi connectivity index (χ2n) is 11.1. The highest BCUT2D eigenvalue weighted by molar-refractivity contribution is 7.92. The molecule has 12 nitrogen and oxygen atoms in total. The van der Waals surface area contributed by atoms with Crippen molar-refractivity contribution >= 4 is 39.3 Å². The number of nitrogens with zero attached hydrogens (tertiary/aromatic N) is 1. The summed E-state index contributed by atoms with van der Waals surface area (Å²) in [6, 6.07) is 13.0. The SMILES string of the molecule is COc1cccc(S(=O)(=O)C2CC(C(=O)NCC(C)C)N(C(=O)CNC(=O)Nc3cccc(C(=O)O)c3)C2c2ccccc2F)c1. The number of aromatic carboxylic acids is 1. The number of anilines is 1. The maximum Gasteiger partial charge on any atom is 0.335 e. The van der Waals surface area contributed by atoms with Crippen LogP contribution in [0.2, 0.25) is 0 Å². The Morgan fingerprint density at radius 3 is 2.39 bits per heavy atom. The number of rotatable bonds is 11. The first-order valence-corrected chi connectivity index (χ1v) is 16.0. The molecular formula is C32H35FN4O8S. The third-order valence-electron chi connectivity index (χ3n) is 7.48. The van der Waals surface area contributed by atoms with Gasteiger partial charge in [0.1, 0.15) is 17.6 Å². The first-order chi connectivity index (χ1) is 21.8. The summed E-state index contributed by atoms with van der Waals surface area (Å²) in [6.45, 7) is 3.29. The molecule has 0 radical (unpaired) electrons. The van der Waals surface area contributed by atoms with Crippen molar-refractivity contribution in [3.05, 3.63) is 89.7 Å². The Bertz CT molecular complexity index is 1730. The molecule has 3 atom stereocenters. The molecular weight excluding hydrogens is 619 g/mol. The van der Waals surface area contributed by atoms with Gasteiger partial charge in [0, 0.05) is 17.8 Å². The second-order valence-corrected chi connectivity index (χ2v) is 13.3. The first-order valence-electron chi connectivity index (χ1n) is 14.4. The minimum absolute atomic E-state index is 0.0400. The molecule has 4 amide bonds.